The normalized spacial score (nSPS) is 23.8. The topological polar surface area (TPSA) is 58.9 Å². The molecule has 1 aliphatic heterocycles. The van der Waals surface area contributed by atoms with E-state index in [9.17, 15) is 0 Å². The lowest BCUT2D eigenvalue weighted by Gasteiger charge is -2.27. The summed E-state index contributed by atoms with van der Waals surface area (Å²) in [5.41, 5.74) is 0. The molecule has 1 N–H and O–H groups in total. The summed E-state index contributed by atoms with van der Waals surface area (Å²) < 4.78 is 0. The van der Waals surface area contributed by atoms with Crippen LogP contribution in [0.4, 0.5) is 0 Å². The highest BCUT2D eigenvalue weighted by Crippen LogP contribution is 2.13. The number of hydrogen-bond acceptors (Lipinski definition) is 5. The summed E-state index contributed by atoms with van der Waals surface area (Å²) in [4.78, 5) is 3.96. The zero-order valence-electron chi connectivity index (χ0n) is 11.6. The second kappa shape index (κ2) is 6.24. The van der Waals surface area contributed by atoms with E-state index in [4.69, 9.17) is 0 Å². The standard InChI is InChI=1S/C12H24N6/c1-4-10(2)11-8-18(7-5-6-13-11)9-12-14-16-17(3)15-12/h10-11,13H,4-9H2,1-3H3. The highest BCUT2D eigenvalue weighted by molar-refractivity contribution is 4.84. The average molecular weight is 252 g/mol. The van der Waals surface area contributed by atoms with E-state index >= 15 is 0 Å². The zero-order valence-corrected chi connectivity index (χ0v) is 11.6. The van der Waals surface area contributed by atoms with Gasteiger partial charge in [0.25, 0.3) is 0 Å². The molecule has 0 spiro atoms. The van der Waals surface area contributed by atoms with Crippen LogP contribution >= 0.6 is 0 Å². The molecule has 2 rings (SSSR count). The van der Waals surface area contributed by atoms with Crippen LogP contribution in [0, 0.1) is 5.92 Å². The molecule has 6 heteroatoms. The first-order chi connectivity index (χ1) is 8.69. The molecule has 1 fully saturated rings. The Morgan fingerprint density at radius 1 is 1.50 bits per heavy atom. The van der Waals surface area contributed by atoms with Crippen LogP contribution in [-0.4, -0.2) is 50.8 Å². The summed E-state index contributed by atoms with van der Waals surface area (Å²) in [7, 11) is 1.81. The van der Waals surface area contributed by atoms with E-state index in [1.165, 1.54) is 17.6 Å². The van der Waals surface area contributed by atoms with Crippen molar-refractivity contribution in [3.05, 3.63) is 5.82 Å². The van der Waals surface area contributed by atoms with Gasteiger partial charge < -0.3 is 5.32 Å². The van der Waals surface area contributed by atoms with E-state index in [-0.39, 0.29) is 0 Å². The van der Waals surface area contributed by atoms with Crippen molar-refractivity contribution in [1.29, 1.82) is 0 Å². The first-order valence-corrected chi connectivity index (χ1v) is 6.87. The Morgan fingerprint density at radius 3 is 3.00 bits per heavy atom. The van der Waals surface area contributed by atoms with Crippen molar-refractivity contribution in [1.82, 2.24) is 30.4 Å². The second-order valence-electron chi connectivity index (χ2n) is 5.23. The molecule has 0 saturated carbocycles. The molecule has 1 aromatic rings. The van der Waals surface area contributed by atoms with Gasteiger partial charge in [0, 0.05) is 12.6 Å². The van der Waals surface area contributed by atoms with E-state index < -0.39 is 0 Å². The molecule has 102 valence electrons. The minimum atomic E-state index is 0.578. The van der Waals surface area contributed by atoms with Crippen molar-refractivity contribution >= 4 is 0 Å². The van der Waals surface area contributed by atoms with E-state index in [1.54, 1.807) is 0 Å². The highest BCUT2D eigenvalue weighted by Gasteiger charge is 2.22. The summed E-state index contributed by atoms with van der Waals surface area (Å²) in [6, 6.07) is 0.578. The minimum absolute atomic E-state index is 0.578. The Balaban J connectivity index is 1.94. The Kier molecular flexibility index (Phi) is 4.66. The molecule has 0 aromatic carbocycles. The number of nitrogens with one attached hydrogen (secondary N) is 1. The summed E-state index contributed by atoms with van der Waals surface area (Å²) in [5, 5.41) is 15.9. The highest BCUT2D eigenvalue weighted by atomic mass is 15.6. The van der Waals surface area contributed by atoms with Crippen LogP contribution in [0.5, 0.6) is 0 Å². The number of tetrazole rings is 1. The number of rotatable bonds is 4. The van der Waals surface area contributed by atoms with Crippen molar-refractivity contribution in [2.24, 2.45) is 13.0 Å². The minimum Gasteiger partial charge on any atom is -0.312 e. The monoisotopic (exact) mass is 252 g/mol. The summed E-state index contributed by atoms with van der Waals surface area (Å²) >= 11 is 0. The van der Waals surface area contributed by atoms with Crippen LogP contribution in [-0.2, 0) is 13.6 Å². The molecule has 2 heterocycles. The number of hydrogen-bond donors (Lipinski definition) is 1. The number of aromatic nitrogens is 4. The molecule has 0 radical (unpaired) electrons. The molecular weight excluding hydrogens is 228 g/mol. The van der Waals surface area contributed by atoms with Crippen LogP contribution in [0.25, 0.3) is 0 Å². The fourth-order valence-electron chi connectivity index (χ4n) is 2.42. The van der Waals surface area contributed by atoms with E-state index in [0.717, 1.165) is 32.0 Å². The van der Waals surface area contributed by atoms with Gasteiger partial charge in [0.05, 0.1) is 13.6 Å². The Labute approximate surface area is 109 Å². The summed E-state index contributed by atoms with van der Waals surface area (Å²) in [6.07, 6.45) is 2.40. The Morgan fingerprint density at radius 2 is 2.33 bits per heavy atom. The fourth-order valence-corrected chi connectivity index (χ4v) is 2.42. The number of nitrogens with zero attached hydrogens (tertiary/aromatic N) is 5. The van der Waals surface area contributed by atoms with Crippen LogP contribution in [0.3, 0.4) is 0 Å². The third-order valence-corrected chi connectivity index (χ3v) is 3.76. The Bertz CT molecular complexity index is 363. The molecule has 1 saturated heterocycles. The zero-order chi connectivity index (χ0) is 13.0. The van der Waals surface area contributed by atoms with Crippen LogP contribution in [0.1, 0.15) is 32.5 Å². The van der Waals surface area contributed by atoms with Gasteiger partial charge in [-0.05, 0) is 30.6 Å². The molecule has 2 unspecified atom stereocenters. The number of aryl methyl sites for hydroxylation is 1. The fraction of sp³-hybridized carbons (Fsp3) is 0.917. The van der Waals surface area contributed by atoms with Gasteiger partial charge in [-0.25, -0.2) is 0 Å². The van der Waals surface area contributed by atoms with Gasteiger partial charge in [-0.3, -0.25) is 4.90 Å². The van der Waals surface area contributed by atoms with E-state index in [2.05, 4.69) is 39.5 Å². The third kappa shape index (κ3) is 3.49. The van der Waals surface area contributed by atoms with Crippen LogP contribution < -0.4 is 5.32 Å². The Hall–Kier alpha value is -1.01. The van der Waals surface area contributed by atoms with Crippen LogP contribution in [0.2, 0.25) is 0 Å². The van der Waals surface area contributed by atoms with Gasteiger partial charge in [0.2, 0.25) is 0 Å². The average Bonchev–Trinajstić information content (AvgIpc) is 2.64. The van der Waals surface area contributed by atoms with Gasteiger partial charge in [-0.2, -0.15) is 4.80 Å². The van der Waals surface area contributed by atoms with Gasteiger partial charge in [0.15, 0.2) is 5.82 Å². The molecule has 0 bridgehead atoms. The maximum absolute atomic E-state index is 4.26. The van der Waals surface area contributed by atoms with Gasteiger partial charge in [-0.1, -0.05) is 20.3 Å². The largest absolute Gasteiger partial charge is 0.312 e. The first-order valence-electron chi connectivity index (χ1n) is 6.87. The van der Waals surface area contributed by atoms with Gasteiger partial charge >= 0.3 is 0 Å². The van der Waals surface area contributed by atoms with E-state index in [1.807, 2.05) is 7.05 Å². The summed E-state index contributed by atoms with van der Waals surface area (Å²) in [5.74, 6) is 1.53. The molecule has 2 atom stereocenters. The van der Waals surface area contributed by atoms with Crippen molar-refractivity contribution in [2.45, 2.75) is 39.3 Å². The molecular formula is C12H24N6. The molecule has 6 nitrogen and oxygen atoms in total. The third-order valence-electron chi connectivity index (χ3n) is 3.76. The lowest BCUT2D eigenvalue weighted by molar-refractivity contribution is 0.226. The molecule has 1 aromatic heterocycles. The lowest BCUT2D eigenvalue weighted by atomic mass is 9.99. The quantitative estimate of drug-likeness (QED) is 0.841. The molecule has 0 aliphatic carbocycles. The van der Waals surface area contributed by atoms with Crippen molar-refractivity contribution < 1.29 is 0 Å². The summed E-state index contributed by atoms with van der Waals surface area (Å²) in [6.45, 7) is 8.68. The van der Waals surface area contributed by atoms with Gasteiger partial charge in [0.1, 0.15) is 0 Å². The van der Waals surface area contributed by atoms with Crippen molar-refractivity contribution in [3.8, 4) is 0 Å². The molecule has 1 aliphatic rings. The van der Waals surface area contributed by atoms with Crippen molar-refractivity contribution in [3.63, 3.8) is 0 Å². The second-order valence-corrected chi connectivity index (χ2v) is 5.23. The SMILES string of the molecule is CCC(C)C1CN(Cc2nnn(C)n2)CCCN1. The predicted octanol–water partition coefficient (Wildman–Crippen LogP) is 0.420. The first kappa shape index (κ1) is 13.4. The lowest BCUT2D eigenvalue weighted by Crippen LogP contribution is -2.41. The maximum Gasteiger partial charge on any atom is 0.188 e. The van der Waals surface area contributed by atoms with Crippen molar-refractivity contribution in [2.75, 3.05) is 19.6 Å². The smallest absolute Gasteiger partial charge is 0.188 e. The predicted molar refractivity (Wildman–Crippen MR) is 69.9 cm³/mol. The molecule has 18 heavy (non-hydrogen) atoms. The maximum atomic E-state index is 4.26. The van der Waals surface area contributed by atoms with Crippen LogP contribution in [0.15, 0.2) is 0 Å². The molecule has 0 amide bonds. The van der Waals surface area contributed by atoms with Gasteiger partial charge in [-0.15, -0.1) is 10.2 Å². The van der Waals surface area contributed by atoms with E-state index in [0.29, 0.717) is 12.0 Å².